The SMILES string of the molecule is CCCNc1cccc(NCc2ccc(OC)cc2)n1. The van der Waals surface area contributed by atoms with Crippen molar-refractivity contribution in [3.8, 4) is 5.75 Å². The molecule has 0 fully saturated rings. The maximum atomic E-state index is 5.14. The lowest BCUT2D eigenvalue weighted by atomic mass is 10.2. The molecule has 0 atom stereocenters. The highest BCUT2D eigenvalue weighted by molar-refractivity contribution is 5.45. The zero-order chi connectivity index (χ0) is 14.2. The Labute approximate surface area is 120 Å². The van der Waals surface area contributed by atoms with Gasteiger partial charge in [0.1, 0.15) is 17.4 Å². The number of aromatic nitrogens is 1. The molecular weight excluding hydrogens is 250 g/mol. The van der Waals surface area contributed by atoms with E-state index < -0.39 is 0 Å². The standard InChI is InChI=1S/C16H21N3O/c1-3-11-17-15-5-4-6-16(19-15)18-12-13-7-9-14(20-2)10-8-13/h4-10H,3,11-12H2,1-2H3,(H2,17,18,19). The van der Waals surface area contributed by atoms with Crippen LogP contribution < -0.4 is 15.4 Å². The van der Waals surface area contributed by atoms with E-state index >= 15 is 0 Å². The Kier molecular flexibility index (Phi) is 5.24. The van der Waals surface area contributed by atoms with E-state index in [1.165, 1.54) is 5.56 Å². The molecule has 0 aliphatic rings. The fourth-order valence-electron chi connectivity index (χ4n) is 1.82. The van der Waals surface area contributed by atoms with Gasteiger partial charge in [-0.15, -0.1) is 0 Å². The van der Waals surface area contributed by atoms with Gasteiger partial charge in [0.05, 0.1) is 7.11 Å². The molecule has 0 amide bonds. The molecule has 4 nitrogen and oxygen atoms in total. The first-order valence-electron chi connectivity index (χ1n) is 6.89. The molecule has 1 heterocycles. The molecule has 1 aromatic heterocycles. The Morgan fingerprint density at radius 2 is 1.70 bits per heavy atom. The number of methoxy groups -OCH3 is 1. The summed E-state index contributed by atoms with van der Waals surface area (Å²) in [6.07, 6.45) is 1.09. The van der Waals surface area contributed by atoms with Gasteiger partial charge in [0.25, 0.3) is 0 Å². The fourth-order valence-corrected chi connectivity index (χ4v) is 1.82. The van der Waals surface area contributed by atoms with Crippen molar-refractivity contribution in [2.24, 2.45) is 0 Å². The molecule has 0 spiro atoms. The van der Waals surface area contributed by atoms with Crippen LogP contribution in [0.3, 0.4) is 0 Å². The van der Waals surface area contributed by atoms with Gasteiger partial charge in [-0.05, 0) is 36.2 Å². The largest absolute Gasteiger partial charge is 0.497 e. The van der Waals surface area contributed by atoms with Gasteiger partial charge in [0, 0.05) is 13.1 Å². The molecule has 0 saturated carbocycles. The second-order valence-corrected chi connectivity index (χ2v) is 4.54. The fraction of sp³-hybridized carbons (Fsp3) is 0.312. The van der Waals surface area contributed by atoms with Crippen LogP contribution in [0.2, 0.25) is 0 Å². The number of pyridine rings is 1. The summed E-state index contributed by atoms with van der Waals surface area (Å²) < 4.78 is 5.14. The quantitative estimate of drug-likeness (QED) is 0.808. The predicted octanol–water partition coefficient (Wildman–Crippen LogP) is 3.52. The molecule has 2 aromatic rings. The number of rotatable bonds is 7. The van der Waals surface area contributed by atoms with Crippen molar-refractivity contribution in [2.75, 3.05) is 24.3 Å². The third-order valence-electron chi connectivity index (χ3n) is 2.94. The van der Waals surface area contributed by atoms with Crippen molar-refractivity contribution < 1.29 is 4.74 Å². The van der Waals surface area contributed by atoms with E-state index in [9.17, 15) is 0 Å². The maximum Gasteiger partial charge on any atom is 0.128 e. The number of hydrogen-bond acceptors (Lipinski definition) is 4. The predicted molar refractivity (Wildman–Crippen MR) is 83.3 cm³/mol. The van der Waals surface area contributed by atoms with Gasteiger partial charge >= 0.3 is 0 Å². The van der Waals surface area contributed by atoms with Gasteiger partial charge in [-0.2, -0.15) is 0 Å². The van der Waals surface area contributed by atoms with Gasteiger partial charge in [-0.3, -0.25) is 0 Å². The summed E-state index contributed by atoms with van der Waals surface area (Å²) in [7, 11) is 1.67. The lowest BCUT2D eigenvalue weighted by Crippen LogP contribution is -2.05. The van der Waals surface area contributed by atoms with Crippen molar-refractivity contribution in [1.82, 2.24) is 4.98 Å². The second kappa shape index (κ2) is 7.38. The monoisotopic (exact) mass is 271 g/mol. The molecular formula is C16H21N3O. The van der Waals surface area contributed by atoms with Crippen molar-refractivity contribution in [2.45, 2.75) is 19.9 Å². The van der Waals surface area contributed by atoms with Crippen LogP contribution in [0.25, 0.3) is 0 Å². The third kappa shape index (κ3) is 4.16. The molecule has 0 saturated heterocycles. The smallest absolute Gasteiger partial charge is 0.128 e. The highest BCUT2D eigenvalue weighted by Gasteiger charge is 1.98. The molecule has 0 unspecified atom stereocenters. The average molecular weight is 271 g/mol. The summed E-state index contributed by atoms with van der Waals surface area (Å²) in [6, 6.07) is 14.0. The molecule has 2 N–H and O–H groups in total. The molecule has 1 aromatic carbocycles. The summed E-state index contributed by atoms with van der Waals surface area (Å²) >= 11 is 0. The molecule has 20 heavy (non-hydrogen) atoms. The molecule has 0 aliphatic heterocycles. The topological polar surface area (TPSA) is 46.2 Å². The first kappa shape index (κ1) is 14.2. The van der Waals surface area contributed by atoms with Gasteiger partial charge in [-0.25, -0.2) is 4.98 Å². The Morgan fingerprint density at radius 3 is 2.35 bits per heavy atom. The van der Waals surface area contributed by atoms with Crippen molar-refractivity contribution in [1.29, 1.82) is 0 Å². The lowest BCUT2D eigenvalue weighted by molar-refractivity contribution is 0.414. The molecule has 0 bridgehead atoms. The van der Waals surface area contributed by atoms with Gasteiger partial charge in [-0.1, -0.05) is 25.1 Å². The van der Waals surface area contributed by atoms with Crippen LogP contribution in [-0.4, -0.2) is 18.6 Å². The number of ether oxygens (including phenoxy) is 1. The summed E-state index contributed by atoms with van der Waals surface area (Å²) in [6.45, 7) is 3.82. The van der Waals surface area contributed by atoms with Gasteiger partial charge in [0.15, 0.2) is 0 Å². The summed E-state index contributed by atoms with van der Waals surface area (Å²) in [5.74, 6) is 2.66. The van der Waals surface area contributed by atoms with Gasteiger partial charge < -0.3 is 15.4 Å². The van der Waals surface area contributed by atoms with Crippen LogP contribution in [0.15, 0.2) is 42.5 Å². The Morgan fingerprint density at radius 1 is 1.00 bits per heavy atom. The molecule has 2 rings (SSSR count). The molecule has 106 valence electrons. The van der Waals surface area contributed by atoms with E-state index in [4.69, 9.17) is 4.74 Å². The van der Waals surface area contributed by atoms with Crippen LogP contribution in [0.5, 0.6) is 5.75 Å². The highest BCUT2D eigenvalue weighted by atomic mass is 16.5. The Hall–Kier alpha value is -2.23. The number of anilines is 2. The first-order chi connectivity index (χ1) is 9.81. The van der Waals surface area contributed by atoms with Crippen LogP contribution in [0.1, 0.15) is 18.9 Å². The summed E-state index contributed by atoms with van der Waals surface area (Å²) in [4.78, 5) is 4.51. The number of benzene rings is 1. The lowest BCUT2D eigenvalue weighted by Gasteiger charge is -2.09. The molecule has 0 radical (unpaired) electrons. The van der Waals surface area contributed by atoms with E-state index in [2.05, 4.69) is 22.5 Å². The van der Waals surface area contributed by atoms with E-state index in [1.807, 2.05) is 42.5 Å². The van der Waals surface area contributed by atoms with Crippen LogP contribution in [0, 0.1) is 0 Å². The zero-order valence-electron chi connectivity index (χ0n) is 12.0. The maximum absolute atomic E-state index is 5.14. The van der Waals surface area contributed by atoms with E-state index in [1.54, 1.807) is 7.11 Å². The normalized spacial score (nSPS) is 10.1. The highest BCUT2D eigenvalue weighted by Crippen LogP contribution is 2.14. The van der Waals surface area contributed by atoms with Crippen LogP contribution >= 0.6 is 0 Å². The second-order valence-electron chi connectivity index (χ2n) is 4.54. The summed E-state index contributed by atoms with van der Waals surface area (Å²) in [5, 5.41) is 6.60. The minimum Gasteiger partial charge on any atom is -0.497 e. The number of nitrogens with zero attached hydrogens (tertiary/aromatic N) is 1. The minimum atomic E-state index is 0.744. The van der Waals surface area contributed by atoms with E-state index in [-0.39, 0.29) is 0 Å². The van der Waals surface area contributed by atoms with Crippen LogP contribution in [-0.2, 0) is 6.54 Å². The van der Waals surface area contributed by atoms with Gasteiger partial charge in [0.2, 0.25) is 0 Å². The number of hydrogen-bond donors (Lipinski definition) is 2. The number of nitrogens with one attached hydrogen (secondary N) is 2. The average Bonchev–Trinajstić information content (AvgIpc) is 2.52. The van der Waals surface area contributed by atoms with Crippen molar-refractivity contribution in [3.63, 3.8) is 0 Å². The minimum absolute atomic E-state index is 0.744. The Bertz CT molecular complexity index is 526. The first-order valence-corrected chi connectivity index (χ1v) is 6.89. The zero-order valence-corrected chi connectivity index (χ0v) is 12.0. The summed E-state index contributed by atoms with van der Waals surface area (Å²) in [5.41, 5.74) is 1.19. The molecule has 4 heteroatoms. The third-order valence-corrected chi connectivity index (χ3v) is 2.94. The molecule has 0 aliphatic carbocycles. The van der Waals surface area contributed by atoms with E-state index in [0.29, 0.717) is 0 Å². The van der Waals surface area contributed by atoms with Crippen molar-refractivity contribution in [3.05, 3.63) is 48.0 Å². The van der Waals surface area contributed by atoms with E-state index in [0.717, 1.165) is 36.9 Å². The Balaban J connectivity index is 1.92. The van der Waals surface area contributed by atoms with Crippen LogP contribution in [0.4, 0.5) is 11.6 Å². The van der Waals surface area contributed by atoms with Crippen molar-refractivity contribution >= 4 is 11.6 Å².